The number of nitriles is 1. The minimum Gasteiger partial charge on any atom is -0.486 e. The first kappa shape index (κ1) is 18.2. The molecule has 0 unspecified atom stereocenters. The van der Waals surface area contributed by atoms with E-state index in [0.29, 0.717) is 41.5 Å². The summed E-state index contributed by atoms with van der Waals surface area (Å²) in [6.45, 7) is 0.966. The minimum absolute atomic E-state index is 0.164. The summed E-state index contributed by atoms with van der Waals surface area (Å²) in [5, 5.41) is 12.6. The van der Waals surface area contributed by atoms with Crippen LogP contribution in [-0.2, 0) is 4.74 Å². The average Bonchev–Trinajstić information content (AvgIpc) is 2.70. The molecule has 1 aliphatic heterocycles. The quantitative estimate of drug-likeness (QED) is 0.816. The number of hydrogen-bond acceptors (Lipinski definition) is 6. The second-order valence-electron chi connectivity index (χ2n) is 5.80. The van der Waals surface area contributed by atoms with Gasteiger partial charge in [-0.05, 0) is 49.1 Å². The molecule has 3 rings (SSSR count). The first-order chi connectivity index (χ1) is 12.7. The third-order valence-electron chi connectivity index (χ3n) is 4.10. The fraction of sp³-hybridized carbons (Fsp3) is 0.316. The maximum Gasteiger partial charge on any atom is 0.254 e. The summed E-state index contributed by atoms with van der Waals surface area (Å²) in [4.78, 5) is 16.9. The van der Waals surface area contributed by atoms with Gasteiger partial charge in [0.15, 0.2) is 0 Å². The number of thioether (sulfide) groups is 1. The average molecular weight is 369 g/mol. The molecule has 1 aliphatic rings. The predicted octanol–water partition coefficient (Wildman–Crippen LogP) is 2.64. The molecule has 1 N–H and O–H groups in total. The summed E-state index contributed by atoms with van der Waals surface area (Å²) < 4.78 is 11.5. The Bertz CT molecular complexity index is 804. The van der Waals surface area contributed by atoms with Crippen LogP contribution in [-0.4, -0.2) is 42.5 Å². The van der Waals surface area contributed by atoms with Crippen molar-refractivity contribution in [1.82, 2.24) is 10.3 Å². The van der Waals surface area contributed by atoms with Crippen LogP contribution < -0.4 is 10.1 Å². The van der Waals surface area contributed by atoms with Gasteiger partial charge in [-0.25, -0.2) is 4.98 Å². The number of benzene rings is 1. The Balaban J connectivity index is 1.70. The molecular formula is C19H19N3O3S. The van der Waals surface area contributed by atoms with E-state index in [-0.39, 0.29) is 18.1 Å². The standard InChI is InChI=1S/C19H19N3O3S/c1-26-19-15(3-2-9-21-19)18(23)22-16-8-10-24-12-17(16)25-14-6-4-13(11-20)5-7-14/h2-7,9,16-17H,8,10,12H2,1H3,(H,22,23)/t16-,17-/m1/s1. The number of aromatic nitrogens is 1. The Kier molecular flexibility index (Phi) is 6.10. The first-order valence-corrected chi connectivity index (χ1v) is 9.48. The van der Waals surface area contributed by atoms with Gasteiger partial charge in [-0.2, -0.15) is 5.26 Å². The second kappa shape index (κ2) is 8.70. The third kappa shape index (κ3) is 4.34. The van der Waals surface area contributed by atoms with Crippen LogP contribution in [0, 0.1) is 11.3 Å². The van der Waals surface area contributed by atoms with Gasteiger partial charge >= 0.3 is 0 Å². The van der Waals surface area contributed by atoms with Gasteiger partial charge in [-0.15, -0.1) is 11.8 Å². The van der Waals surface area contributed by atoms with E-state index in [9.17, 15) is 4.79 Å². The van der Waals surface area contributed by atoms with E-state index in [0.717, 1.165) is 0 Å². The zero-order valence-corrected chi connectivity index (χ0v) is 15.2. The van der Waals surface area contributed by atoms with Gasteiger partial charge in [-0.3, -0.25) is 4.79 Å². The van der Waals surface area contributed by atoms with E-state index in [1.807, 2.05) is 6.26 Å². The molecule has 2 aromatic rings. The summed E-state index contributed by atoms with van der Waals surface area (Å²) in [6, 6.07) is 12.3. The van der Waals surface area contributed by atoms with Crippen molar-refractivity contribution in [2.24, 2.45) is 0 Å². The molecule has 0 bridgehead atoms. The van der Waals surface area contributed by atoms with Gasteiger partial charge in [0.1, 0.15) is 16.9 Å². The molecule has 7 heteroatoms. The molecule has 0 spiro atoms. The molecule has 2 atom stereocenters. The predicted molar refractivity (Wildman–Crippen MR) is 98.3 cm³/mol. The topological polar surface area (TPSA) is 84.2 Å². The van der Waals surface area contributed by atoms with Gasteiger partial charge in [0, 0.05) is 12.8 Å². The van der Waals surface area contributed by atoms with Crippen molar-refractivity contribution in [1.29, 1.82) is 5.26 Å². The van der Waals surface area contributed by atoms with Gasteiger partial charge in [0.2, 0.25) is 0 Å². The lowest BCUT2D eigenvalue weighted by Gasteiger charge is -2.32. The van der Waals surface area contributed by atoms with Crippen molar-refractivity contribution < 1.29 is 14.3 Å². The summed E-state index contributed by atoms with van der Waals surface area (Å²) in [5.74, 6) is 0.479. The van der Waals surface area contributed by atoms with E-state index < -0.39 is 0 Å². The fourth-order valence-corrected chi connectivity index (χ4v) is 3.30. The molecule has 26 heavy (non-hydrogen) atoms. The molecule has 6 nitrogen and oxygen atoms in total. The lowest BCUT2D eigenvalue weighted by Crippen LogP contribution is -2.51. The Morgan fingerprint density at radius 2 is 2.19 bits per heavy atom. The summed E-state index contributed by atoms with van der Waals surface area (Å²) >= 11 is 1.44. The molecule has 134 valence electrons. The molecule has 0 aliphatic carbocycles. The molecule has 2 heterocycles. The van der Waals surface area contributed by atoms with Crippen LogP contribution in [0.3, 0.4) is 0 Å². The van der Waals surface area contributed by atoms with Crippen LogP contribution in [0.1, 0.15) is 22.3 Å². The Morgan fingerprint density at radius 1 is 1.38 bits per heavy atom. The monoisotopic (exact) mass is 369 g/mol. The van der Waals surface area contributed by atoms with Crippen molar-refractivity contribution in [3.63, 3.8) is 0 Å². The van der Waals surface area contributed by atoms with Gasteiger partial charge in [0.25, 0.3) is 5.91 Å². The Labute approximate surface area is 156 Å². The SMILES string of the molecule is CSc1ncccc1C(=O)N[C@@H]1CCOC[C@H]1Oc1ccc(C#N)cc1. The number of pyridine rings is 1. The summed E-state index contributed by atoms with van der Waals surface area (Å²) in [7, 11) is 0. The van der Waals surface area contributed by atoms with Crippen molar-refractivity contribution in [2.45, 2.75) is 23.6 Å². The van der Waals surface area contributed by atoms with Gasteiger partial charge in [0.05, 0.1) is 29.8 Å². The van der Waals surface area contributed by atoms with Crippen LogP contribution in [0.5, 0.6) is 5.75 Å². The van der Waals surface area contributed by atoms with Crippen molar-refractivity contribution in [3.05, 3.63) is 53.7 Å². The highest BCUT2D eigenvalue weighted by molar-refractivity contribution is 7.98. The number of carbonyl (C=O) groups excluding carboxylic acids is 1. The molecule has 1 saturated heterocycles. The Hall–Kier alpha value is -2.56. The zero-order valence-electron chi connectivity index (χ0n) is 14.3. The van der Waals surface area contributed by atoms with Crippen LogP contribution in [0.4, 0.5) is 0 Å². The molecule has 1 aromatic heterocycles. The molecule has 1 aromatic carbocycles. The fourth-order valence-electron chi connectivity index (χ4n) is 2.75. The maximum atomic E-state index is 12.7. The zero-order chi connectivity index (χ0) is 18.4. The number of amides is 1. The number of hydrogen-bond donors (Lipinski definition) is 1. The van der Waals surface area contributed by atoms with E-state index >= 15 is 0 Å². The number of nitrogens with zero attached hydrogens (tertiary/aromatic N) is 2. The number of ether oxygens (including phenoxy) is 2. The molecule has 1 fully saturated rings. The Morgan fingerprint density at radius 3 is 2.92 bits per heavy atom. The van der Waals surface area contributed by atoms with E-state index in [1.165, 1.54) is 11.8 Å². The van der Waals surface area contributed by atoms with E-state index in [2.05, 4.69) is 16.4 Å². The molecule has 0 saturated carbocycles. The normalized spacial score (nSPS) is 19.4. The lowest BCUT2D eigenvalue weighted by atomic mass is 10.1. The van der Waals surface area contributed by atoms with Crippen molar-refractivity contribution >= 4 is 17.7 Å². The largest absolute Gasteiger partial charge is 0.486 e. The molecule has 1 amide bonds. The second-order valence-corrected chi connectivity index (χ2v) is 6.59. The lowest BCUT2D eigenvalue weighted by molar-refractivity contribution is -0.0135. The third-order valence-corrected chi connectivity index (χ3v) is 4.81. The smallest absolute Gasteiger partial charge is 0.254 e. The number of carbonyl (C=O) groups is 1. The summed E-state index contributed by atoms with van der Waals surface area (Å²) in [5.41, 5.74) is 1.13. The van der Waals surface area contributed by atoms with Crippen LogP contribution >= 0.6 is 11.8 Å². The van der Waals surface area contributed by atoms with Crippen molar-refractivity contribution in [2.75, 3.05) is 19.5 Å². The van der Waals surface area contributed by atoms with E-state index in [1.54, 1.807) is 42.6 Å². The maximum absolute atomic E-state index is 12.7. The van der Waals surface area contributed by atoms with Gasteiger partial charge < -0.3 is 14.8 Å². The highest BCUT2D eigenvalue weighted by atomic mass is 32.2. The van der Waals surface area contributed by atoms with Crippen LogP contribution in [0.25, 0.3) is 0 Å². The van der Waals surface area contributed by atoms with Crippen molar-refractivity contribution in [3.8, 4) is 11.8 Å². The number of nitrogens with one attached hydrogen (secondary N) is 1. The number of rotatable bonds is 5. The van der Waals surface area contributed by atoms with Crippen LogP contribution in [0.15, 0.2) is 47.6 Å². The highest BCUT2D eigenvalue weighted by Crippen LogP contribution is 2.20. The molecular weight excluding hydrogens is 350 g/mol. The summed E-state index contributed by atoms with van der Waals surface area (Å²) in [6.07, 6.45) is 3.94. The first-order valence-electron chi connectivity index (χ1n) is 8.25. The van der Waals surface area contributed by atoms with E-state index in [4.69, 9.17) is 14.7 Å². The molecule has 0 radical (unpaired) electrons. The van der Waals surface area contributed by atoms with Gasteiger partial charge in [-0.1, -0.05) is 0 Å². The minimum atomic E-state index is -0.296. The van der Waals surface area contributed by atoms with Crippen LogP contribution in [0.2, 0.25) is 0 Å². The highest BCUT2D eigenvalue weighted by Gasteiger charge is 2.29.